The van der Waals surface area contributed by atoms with Gasteiger partial charge in [0.15, 0.2) is 0 Å². The predicted molar refractivity (Wildman–Crippen MR) is 80.2 cm³/mol. The molecule has 1 saturated heterocycles. The minimum Gasteiger partial charge on any atom is -0.335 e. The topological polar surface area (TPSA) is 46.3 Å². The van der Waals surface area contributed by atoms with Crippen LogP contribution in [0.25, 0.3) is 0 Å². The van der Waals surface area contributed by atoms with Crippen molar-refractivity contribution in [2.24, 2.45) is 11.7 Å². The van der Waals surface area contributed by atoms with Gasteiger partial charge in [0.1, 0.15) is 0 Å². The van der Waals surface area contributed by atoms with E-state index in [1.165, 1.54) is 11.1 Å². The predicted octanol–water partition coefficient (Wildman–Crippen LogP) is 2.79. The molecule has 1 aromatic rings. The molecule has 1 amide bonds. The average Bonchev–Trinajstić information content (AvgIpc) is 3.07. The van der Waals surface area contributed by atoms with Crippen LogP contribution in [0.5, 0.6) is 0 Å². The van der Waals surface area contributed by atoms with Gasteiger partial charge in [-0.25, -0.2) is 0 Å². The molecule has 0 radical (unpaired) electrons. The van der Waals surface area contributed by atoms with Crippen molar-refractivity contribution in [1.29, 1.82) is 0 Å². The molecule has 1 aliphatic heterocycles. The van der Waals surface area contributed by atoms with Gasteiger partial charge in [-0.2, -0.15) is 0 Å². The SMILES string of the molecule is Cc1ccccc1[C@@H]1CCCN1C(=O)[C@@H]1CC[C@@H](N)C1. The lowest BCUT2D eigenvalue weighted by Gasteiger charge is -2.28. The summed E-state index contributed by atoms with van der Waals surface area (Å²) in [7, 11) is 0. The number of nitrogens with zero attached hydrogens (tertiary/aromatic N) is 1. The Balaban J connectivity index is 1.79. The summed E-state index contributed by atoms with van der Waals surface area (Å²) in [5.41, 5.74) is 8.57. The number of likely N-dealkylation sites (tertiary alicyclic amines) is 1. The first-order chi connectivity index (χ1) is 9.66. The highest BCUT2D eigenvalue weighted by molar-refractivity contribution is 5.80. The highest BCUT2D eigenvalue weighted by Crippen LogP contribution is 2.37. The van der Waals surface area contributed by atoms with E-state index in [1.54, 1.807) is 0 Å². The summed E-state index contributed by atoms with van der Waals surface area (Å²) in [4.78, 5) is 14.9. The zero-order chi connectivity index (χ0) is 14.1. The Morgan fingerprint density at radius 2 is 2.05 bits per heavy atom. The minimum atomic E-state index is 0.162. The monoisotopic (exact) mass is 272 g/mol. The van der Waals surface area contributed by atoms with Crippen molar-refractivity contribution in [2.75, 3.05) is 6.54 Å². The number of hydrogen-bond donors (Lipinski definition) is 1. The molecule has 108 valence electrons. The number of carbonyl (C=O) groups is 1. The molecule has 2 aliphatic rings. The van der Waals surface area contributed by atoms with E-state index < -0.39 is 0 Å². The molecule has 3 heteroatoms. The zero-order valence-electron chi connectivity index (χ0n) is 12.2. The Morgan fingerprint density at radius 3 is 2.75 bits per heavy atom. The van der Waals surface area contributed by atoms with Crippen molar-refractivity contribution in [3.05, 3.63) is 35.4 Å². The van der Waals surface area contributed by atoms with Gasteiger partial charge in [-0.3, -0.25) is 4.79 Å². The summed E-state index contributed by atoms with van der Waals surface area (Å²) in [5, 5.41) is 0. The van der Waals surface area contributed by atoms with Gasteiger partial charge in [-0.15, -0.1) is 0 Å². The van der Waals surface area contributed by atoms with Gasteiger partial charge in [0.05, 0.1) is 6.04 Å². The highest BCUT2D eigenvalue weighted by Gasteiger charge is 2.37. The van der Waals surface area contributed by atoms with Crippen LogP contribution in [0.1, 0.15) is 49.3 Å². The van der Waals surface area contributed by atoms with Gasteiger partial charge in [0.25, 0.3) is 0 Å². The zero-order valence-corrected chi connectivity index (χ0v) is 12.2. The lowest BCUT2D eigenvalue weighted by atomic mass is 9.98. The molecule has 3 atom stereocenters. The molecule has 1 heterocycles. The van der Waals surface area contributed by atoms with Crippen molar-refractivity contribution >= 4 is 5.91 Å². The van der Waals surface area contributed by atoms with Crippen LogP contribution in [-0.2, 0) is 4.79 Å². The number of hydrogen-bond acceptors (Lipinski definition) is 2. The number of benzene rings is 1. The molecule has 1 aliphatic carbocycles. The second-order valence-corrected chi connectivity index (χ2v) is 6.32. The maximum absolute atomic E-state index is 12.8. The molecule has 0 spiro atoms. The fraction of sp³-hybridized carbons (Fsp3) is 0.588. The van der Waals surface area contributed by atoms with Gasteiger partial charge in [0, 0.05) is 18.5 Å². The van der Waals surface area contributed by atoms with E-state index in [4.69, 9.17) is 5.73 Å². The van der Waals surface area contributed by atoms with Gasteiger partial charge in [0.2, 0.25) is 5.91 Å². The second kappa shape index (κ2) is 5.57. The Morgan fingerprint density at radius 1 is 1.25 bits per heavy atom. The molecule has 0 aromatic heterocycles. The quantitative estimate of drug-likeness (QED) is 0.900. The average molecular weight is 272 g/mol. The van der Waals surface area contributed by atoms with Crippen molar-refractivity contribution < 1.29 is 4.79 Å². The third-order valence-corrected chi connectivity index (χ3v) is 4.91. The largest absolute Gasteiger partial charge is 0.335 e. The Hall–Kier alpha value is -1.35. The van der Waals surface area contributed by atoms with Gasteiger partial charge >= 0.3 is 0 Å². The molecular formula is C17H24N2O. The fourth-order valence-corrected chi connectivity index (χ4v) is 3.79. The minimum absolute atomic E-state index is 0.162. The van der Waals surface area contributed by atoms with Crippen LogP contribution in [0, 0.1) is 12.8 Å². The Labute approximate surface area is 121 Å². The van der Waals surface area contributed by atoms with Crippen molar-refractivity contribution in [3.8, 4) is 0 Å². The first kappa shape index (κ1) is 13.6. The maximum atomic E-state index is 12.8. The first-order valence-corrected chi connectivity index (χ1v) is 7.78. The van der Waals surface area contributed by atoms with E-state index in [9.17, 15) is 4.79 Å². The summed E-state index contributed by atoms with van der Waals surface area (Å²) >= 11 is 0. The summed E-state index contributed by atoms with van der Waals surface area (Å²) in [6.45, 7) is 3.05. The van der Waals surface area contributed by atoms with Crippen LogP contribution in [-0.4, -0.2) is 23.4 Å². The van der Waals surface area contributed by atoms with Crippen LogP contribution < -0.4 is 5.73 Å². The van der Waals surface area contributed by atoms with Crippen molar-refractivity contribution in [2.45, 2.75) is 51.1 Å². The lowest BCUT2D eigenvalue weighted by Crippen LogP contribution is -2.35. The van der Waals surface area contributed by atoms with Gasteiger partial charge < -0.3 is 10.6 Å². The van der Waals surface area contributed by atoms with Crippen LogP contribution in [0.15, 0.2) is 24.3 Å². The van der Waals surface area contributed by atoms with Gasteiger partial charge in [-0.05, 0) is 50.2 Å². The van der Waals surface area contributed by atoms with E-state index in [2.05, 4.69) is 36.1 Å². The molecule has 20 heavy (non-hydrogen) atoms. The van der Waals surface area contributed by atoms with E-state index in [-0.39, 0.29) is 18.0 Å². The molecule has 3 nitrogen and oxygen atoms in total. The van der Waals surface area contributed by atoms with Crippen LogP contribution in [0.2, 0.25) is 0 Å². The highest BCUT2D eigenvalue weighted by atomic mass is 16.2. The maximum Gasteiger partial charge on any atom is 0.226 e. The number of rotatable bonds is 2. The summed E-state index contributed by atoms with van der Waals surface area (Å²) in [6, 6.07) is 8.96. The van der Waals surface area contributed by atoms with Gasteiger partial charge in [-0.1, -0.05) is 24.3 Å². The molecule has 1 saturated carbocycles. The van der Waals surface area contributed by atoms with E-state index in [0.717, 1.165) is 38.6 Å². The normalized spacial score (nSPS) is 29.9. The third kappa shape index (κ3) is 2.47. The van der Waals surface area contributed by atoms with Crippen LogP contribution in [0.4, 0.5) is 0 Å². The van der Waals surface area contributed by atoms with Crippen LogP contribution in [0.3, 0.4) is 0 Å². The molecule has 2 fully saturated rings. The Kier molecular flexibility index (Phi) is 3.79. The van der Waals surface area contributed by atoms with Crippen molar-refractivity contribution in [1.82, 2.24) is 4.90 Å². The fourth-order valence-electron chi connectivity index (χ4n) is 3.79. The van der Waals surface area contributed by atoms with E-state index in [0.29, 0.717) is 5.91 Å². The number of nitrogens with two attached hydrogens (primary N) is 1. The molecule has 2 N–H and O–H groups in total. The van der Waals surface area contributed by atoms with Crippen LogP contribution >= 0.6 is 0 Å². The van der Waals surface area contributed by atoms with E-state index >= 15 is 0 Å². The van der Waals surface area contributed by atoms with Crippen molar-refractivity contribution in [3.63, 3.8) is 0 Å². The summed E-state index contributed by atoms with van der Waals surface area (Å²) in [5.74, 6) is 0.498. The summed E-state index contributed by atoms with van der Waals surface area (Å²) in [6.07, 6.45) is 5.05. The second-order valence-electron chi connectivity index (χ2n) is 6.32. The third-order valence-electron chi connectivity index (χ3n) is 4.91. The van der Waals surface area contributed by atoms with E-state index in [1.807, 2.05) is 0 Å². The molecular weight excluding hydrogens is 248 g/mol. The summed E-state index contributed by atoms with van der Waals surface area (Å²) < 4.78 is 0. The molecule has 1 aromatic carbocycles. The number of amides is 1. The number of carbonyl (C=O) groups excluding carboxylic acids is 1. The standard InChI is InChI=1S/C17H24N2O/c1-12-5-2-3-6-15(12)16-7-4-10-19(16)17(20)13-8-9-14(18)11-13/h2-3,5-6,13-14,16H,4,7-11,18H2,1H3/t13-,14-,16+/m1/s1. The smallest absolute Gasteiger partial charge is 0.226 e. The molecule has 0 unspecified atom stereocenters. The first-order valence-electron chi connectivity index (χ1n) is 7.78. The number of aryl methyl sites for hydroxylation is 1. The lowest BCUT2D eigenvalue weighted by molar-refractivity contribution is -0.136. The molecule has 3 rings (SSSR count). The molecule has 0 bridgehead atoms. The Bertz CT molecular complexity index is 500.